The van der Waals surface area contributed by atoms with Crippen molar-refractivity contribution in [2.75, 3.05) is 0 Å². The predicted molar refractivity (Wildman–Crippen MR) is 83.6 cm³/mol. The summed E-state index contributed by atoms with van der Waals surface area (Å²) in [5.74, 6) is 0.571. The van der Waals surface area contributed by atoms with Crippen LogP contribution in [0.4, 0.5) is 0 Å². The minimum Gasteiger partial charge on any atom is -0.324 e. The summed E-state index contributed by atoms with van der Waals surface area (Å²) < 4.78 is 0.913. The van der Waals surface area contributed by atoms with E-state index in [1.807, 2.05) is 18.2 Å². The first-order chi connectivity index (χ1) is 9.16. The van der Waals surface area contributed by atoms with Crippen LogP contribution in [0.1, 0.15) is 35.1 Å². The van der Waals surface area contributed by atoms with Gasteiger partial charge in [-0.25, -0.2) is 0 Å². The molecule has 2 unspecified atom stereocenters. The molecule has 3 rings (SSSR count). The zero-order valence-electron chi connectivity index (χ0n) is 10.4. The van der Waals surface area contributed by atoms with Gasteiger partial charge in [-0.2, -0.15) is 0 Å². The number of hydrogen-bond acceptors (Lipinski definition) is 1. The molecule has 19 heavy (non-hydrogen) atoms. The molecular weight excluding hydrogens is 322 g/mol. The summed E-state index contributed by atoms with van der Waals surface area (Å²) in [5.41, 5.74) is 10.3. The number of rotatable bonds is 3. The maximum absolute atomic E-state index is 6.33. The second-order valence-electron chi connectivity index (χ2n) is 5.09. The molecule has 2 N–H and O–H groups in total. The number of halogens is 2. The van der Waals surface area contributed by atoms with Gasteiger partial charge in [0.2, 0.25) is 0 Å². The van der Waals surface area contributed by atoms with Crippen molar-refractivity contribution in [3.05, 3.63) is 68.7 Å². The molecule has 0 fully saturated rings. The molecule has 0 radical (unpaired) electrons. The van der Waals surface area contributed by atoms with Gasteiger partial charge in [0.05, 0.1) is 5.02 Å². The van der Waals surface area contributed by atoms with Crippen LogP contribution in [0.15, 0.2) is 46.9 Å². The van der Waals surface area contributed by atoms with E-state index in [9.17, 15) is 0 Å². The van der Waals surface area contributed by atoms with E-state index in [2.05, 4.69) is 40.2 Å². The summed E-state index contributed by atoms with van der Waals surface area (Å²) in [7, 11) is 0. The van der Waals surface area contributed by atoms with E-state index in [4.69, 9.17) is 17.3 Å². The third kappa shape index (κ3) is 2.45. The molecule has 2 aromatic carbocycles. The Kier molecular flexibility index (Phi) is 3.66. The SMILES string of the molecule is NC(CC1Cc2ccccc21)c1cccc(Br)c1Cl. The highest BCUT2D eigenvalue weighted by Crippen LogP contribution is 2.41. The molecule has 1 aliphatic carbocycles. The lowest BCUT2D eigenvalue weighted by Gasteiger charge is -2.32. The Labute approximate surface area is 126 Å². The predicted octanol–water partition coefficient (Wildman–Crippen LogP) is 4.83. The van der Waals surface area contributed by atoms with E-state index in [1.165, 1.54) is 11.1 Å². The van der Waals surface area contributed by atoms with E-state index in [0.717, 1.165) is 27.9 Å². The molecule has 2 aromatic rings. The van der Waals surface area contributed by atoms with Crippen molar-refractivity contribution >= 4 is 27.5 Å². The van der Waals surface area contributed by atoms with Crippen molar-refractivity contribution in [3.8, 4) is 0 Å². The summed E-state index contributed by atoms with van der Waals surface area (Å²) in [4.78, 5) is 0. The number of fused-ring (bicyclic) bond motifs is 1. The maximum Gasteiger partial charge on any atom is 0.0595 e. The summed E-state index contributed by atoms with van der Waals surface area (Å²) >= 11 is 9.76. The Balaban J connectivity index is 1.77. The number of benzene rings is 2. The Bertz CT molecular complexity index is 611. The fraction of sp³-hybridized carbons (Fsp3) is 0.250. The second kappa shape index (κ2) is 5.28. The quantitative estimate of drug-likeness (QED) is 0.853. The van der Waals surface area contributed by atoms with Crippen molar-refractivity contribution in [1.29, 1.82) is 0 Å². The highest BCUT2D eigenvalue weighted by Gasteiger charge is 2.28. The third-order valence-corrected chi connectivity index (χ3v) is 5.19. The van der Waals surface area contributed by atoms with Crippen molar-refractivity contribution in [2.45, 2.75) is 24.8 Å². The fourth-order valence-corrected chi connectivity index (χ4v) is 3.46. The molecule has 1 aliphatic rings. The first kappa shape index (κ1) is 13.2. The first-order valence-corrected chi connectivity index (χ1v) is 7.61. The second-order valence-corrected chi connectivity index (χ2v) is 6.32. The van der Waals surface area contributed by atoms with Crippen LogP contribution in [-0.4, -0.2) is 0 Å². The summed E-state index contributed by atoms with van der Waals surface area (Å²) in [6.45, 7) is 0. The fourth-order valence-electron chi connectivity index (χ4n) is 2.81. The van der Waals surface area contributed by atoms with E-state index in [0.29, 0.717) is 5.92 Å². The molecule has 0 heterocycles. The molecule has 98 valence electrons. The van der Waals surface area contributed by atoms with Crippen molar-refractivity contribution in [2.24, 2.45) is 5.73 Å². The average molecular weight is 337 g/mol. The Morgan fingerprint density at radius 2 is 2.00 bits per heavy atom. The molecule has 0 saturated carbocycles. The summed E-state index contributed by atoms with van der Waals surface area (Å²) in [5, 5.41) is 0.739. The monoisotopic (exact) mass is 335 g/mol. The van der Waals surface area contributed by atoms with E-state index >= 15 is 0 Å². The first-order valence-electron chi connectivity index (χ1n) is 6.44. The number of hydrogen-bond donors (Lipinski definition) is 1. The standard InChI is InChI=1S/C16H15BrClN/c17-14-7-3-6-13(16(14)18)15(19)9-11-8-10-4-1-2-5-12(10)11/h1-7,11,15H,8-9,19H2. The molecular formula is C16H15BrClN. The van der Waals surface area contributed by atoms with Gasteiger partial charge < -0.3 is 5.73 Å². The van der Waals surface area contributed by atoms with E-state index in [-0.39, 0.29) is 6.04 Å². The average Bonchev–Trinajstić information content (AvgIpc) is 2.39. The van der Waals surface area contributed by atoms with Gasteiger partial charge in [-0.15, -0.1) is 0 Å². The largest absolute Gasteiger partial charge is 0.324 e. The molecule has 0 saturated heterocycles. The minimum absolute atomic E-state index is 0.0108. The molecule has 2 atom stereocenters. The molecule has 1 nitrogen and oxygen atoms in total. The Morgan fingerprint density at radius 3 is 2.79 bits per heavy atom. The zero-order valence-corrected chi connectivity index (χ0v) is 12.8. The lowest BCUT2D eigenvalue weighted by atomic mass is 9.74. The van der Waals surface area contributed by atoms with Gasteiger partial charge in [-0.3, -0.25) is 0 Å². The maximum atomic E-state index is 6.33. The topological polar surface area (TPSA) is 26.0 Å². The highest BCUT2D eigenvalue weighted by atomic mass is 79.9. The van der Waals surface area contributed by atoms with E-state index < -0.39 is 0 Å². The number of nitrogens with two attached hydrogens (primary N) is 1. The van der Waals surface area contributed by atoms with Gasteiger partial charge in [0.15, 0.2) is 0 Å². The van der Waals surface area contributed by atoms with Crippen LogP contribution in [0.2, 0.25) is 5.02 Å². The van der Waals surface area contributed by atoms with Gasteiger partial charge in [0.1, 0.15) is 0 Å². The normalized spacial score (nSPS) is 18.6. The molecule has 0 aliphatic heterocycles. The highest BCUT2D eigenvalue weighted by molar-refractivity contribution is 9.10. The van der Waals surface area contributed by atoms with Crippen LogP contribution in [0.5, 0.6) is 0 Å². The van der Waals surface area contributed by atoms with Crippen LogP contribution in [0, 0.1) is 0 Å². The smallest absolute Gasteiger partial charge is 0.0595 e. The van der Waals surface area contributed by atoms with Gasteiger partial charge in [-0.05, 0) is 57.4 Å². The van der Waals surface area contributed by atoms with Gasteiger partial charge >= 0.3 is 0 Å². The Morgan fingerprint density at radius 1 is 1.21 bits per heavy atom. The van der Waals surface area contributed by atoms with Crippen molar-refractivity contribution < 1.29 is 0 Å². The molecule has 0 amide bonds. The zero-order chi connectivity index (χ0) is 13.4. The lowest BCUT2D eigenvalue weighted by molar-refractivity contribution is 0.498. The van der Waals surface area contributed by atoms with Crippen LogP contribution in [0.25, 0.3) is 0 Å². The summed E-state index contributed by atoms with van der Waals surface area (Å²) in [6, 6.07) is 14.5. The lowest BCUT2D eigenvalue weighted by Crippen LogP contribution is -2.23. The minimum atomic E-state index is -0.0108. The van der Waals surface area contributed by atoms with Crippen LogP contribution >= 0.6 is 27.5 Å². The van der Waals surface area contributed by atoms with Gasteiger partial charge in [0.25, 0.3) is 0 Å². The van der Waals surface area contributed by atoms with Crippen LogP contribution < -0.4 is 5.73 Å². The van der Waals surface area contributed by atoms with Crippen molar-refractivity contribution in [1.82, 2.24) is 0 Å². The molecule has 0 spiro atoms. The Hall–Kier alpha value is -0.830. The third-order valence-electron chi connectivity index (χ3n) is 3.88. The van der Waals surface area contributed by atoms with Gasteiger partial charge in [-0.1, -0.05) is 48.0 Å². The van der Waals surface area contributed by atoms with Crippen molar-refractivity contribution in [3.63, 3.8) is 0 Å². The van der Waals surface area contributed by atoms with Crippen LogP contribution in [-0.2, 0) is 6.42 Å². The van der Waals surface area contributed by atoms with Crippen LogP contribution in [0.3, 0.4) is 0 Å². The molecule has 0 aromatic heterocycles. The molecule has 3 heteroatoms. The van der Waals surface area contributed by atoms with Gasteiger partial charge in [0, 0.05) is 10.5 Å². The molecule has 0 bridgehead atoms. The van der Waals surface area contributed by atoms with E-state index in [1.54, 1.807) is 0 Å². The summed E-state index contributed by atoms with van der Waals surface area (Å²) in [6.07, 6.45) is 2.09.